The summed E-state index contributed by atoms with van der Waals surface area (Å²) in [6, 6.07) is 8.23. The maximum absolute atomic E-state index is 12.1. The molecule has 1 aromatic carbocycles. The number of carbonyl (C=O) groups is 1. The van der Waals surface area contributed by atoms with Gasteiger partial charge in [0.1, 0.15) is 23.5 Å². The number of hydrogen-bond donors (Lipinski definition) is 1. The van der Waals surface area contributed by atoms with Gasteiger partial charge >= 0.3 is 0 Å². The van der Waals surface area contributed by atoms with Crippen LogP contribution in [0.1, 0.15) is 30.1 Å². The van der Waals surface area contributed by atoms with Gasteiger partial charge in [0.05, 0.1) is 7.11 Å². The number of ether oxygens (including phenoxy) is 2. The molecule has 0 saturated carbocycles. The molecule has 1 aromatic heterocycles. The van der Waals surface area contributed by atoms with Gasteiger partial charge in [-0.25, -0.2) is 0 Å². The molecule has 29 heavy (non-hydrogen) atoms. The highest BCUT2D eigenvalue weighted by atomic mass is 16.5. The van der Waals surface area contributed by atoms with Crippen molar-refractivity contribution in [3.63, 3.8) is 0 Å². The lowest BCUT2D eigenvalue weighted by molar-refractivity contribution is -0.130. The first-order valence-corrected chi connectivity index (χ1v) is 10.4. The summed E-state index contributed by atoms with van der Waals surface area (Å²) in [7, 11) is 1.70. The Morgan fingerprint density at radius 3 is 3.07 bits per heavy atom. The molecule has 1 fully saturated rings. The number of nitrogens with one attached hydrogen (secondary N) is 1. The van der Waals surface area contributed by atoms with Crippen LogP contribution in [-0.2, 0) is 35.5 Å². The van der Waals surface area contributed by atoms with Gasteiger partial charge in [-0.15, -0.1) is 10.2 Å². The SMILES string of the molecule is COc1cccc(CN2CCc3nnc(CCNC(=O)[C@H]4CCCO4)n3CC2)c1. The monoisotopic (exact) mass is 399 g/mol. The average molecular weight is 399 g/mol. The first kappa shape index (κ1) is 19.8. The van der Waals surface area contributed by atoms with Crippen LogP contribution >= 0.6 is 0 Å². The highest BCUT2D eigenvalue weighted by Gasteiger charge is 2.23. The van der Waals surface area contributed by atoms with Crippen LogP contribution in [0.2, 0.25) is 0 Å². The Kier molecular flexibility index (Phi) is 6.41. The minimum atomic E-state index is -0.282. The van der Waals surface area contributed by atoms with Gasteiger partial charge in [0.2, 0.25) is 5.91 Å². The molecule has 1 atom stereocenters. The standard InChI is InChI=1S/C21H29N5O3/c1-28-17-5-2-4-16(14-17)15-25-10-8-20-24-23-19(26(20)12-11-25)7-9-22-21(27)18-6-3-13-29-18/h2,4-5,14,18H,3,6-13,15H2,1H3,(H,22,27)/t18-/m1/s1. The van der Waals surface area contributed by atoms with Crippen LogP contribution in [0.4, 0.5) is 0 Å². The number of benzene rings is 1. The molecule has 2 aliphatic rings. The molecule has 1 amide bonds. The topological polar surface area (TPSA) is 81.5 Å². The van der Waals surface area contributed by atoms with Gasteiger partial charge in [-0.3, -0.25) is 9.69 Å². The number of fused-ring (bicyclic) bond motifs is 1. The second kappa shape index (κ2) is 9.37. The highest BCUT2D eigenvalue weighted by Crippen LogP contribution is 2.17. The zero-order valence-electron chi connectivity index (χ0n) is 17.0. The van der Waals surface area contributed by atoms with Gasteiger partial charge in [0.15, 0.2) is 0 Å². The number of amides is 1. The van der Waals surface area contributed by atoms with Gasteiger partial charge < -0.3 is 19.4 Å². The van der Waals surface area contributed by atoms with Crippen LogP contribution in [0.5, 0.6) is 5.75 Å². The Hall–Kier alpha value is -2.45. The third-order valence-electron chi connectivity index (χ3n) is 5.61. The lowest BCUT2D eigenvalue weighted by Crippen LogP contribution is -2.35. The molecule has 1 N–H and O–H groups in total. The van der Waals surface area contributed by atoms with E-state index < -0.39 is 0 Å². The van der Waals surface area contributed by atoms with Gasteiger partial charge in [0.25, 0.3) is 0 Å². The van der Waals surface area contributed by atoms with E-state index in [9.17, 15) is 4.79 Å². The van der Waals surface area contributed by atoms with Crippen molar-refractivity contribution in [2.45, 2.75) is 44.9 Å². The lowest BCUT2D eigenvalue weighted by Gasteiger charge is -2.20. The fourth-order valence-corrected chi connectivity index (χ4v) is 3.99. The zero-order chi connectivity index (χ0) is 20.1. The first-order valence-electron chi connectivity index (χ1n) is 10.4. The van der Waals surface area contributed by atoms with Crippen molar-refractivity contribution in [2.75, 3.05) is 33.4 Å². The normalized spacial score (nSPS) is 19.6. The van der Waals surface area contributed by atoms with Crippen molar-refractivity contribution in [1.82, 2.24) is 25.0 Å². The van der Waals surface area contributed by atoms with E-state index in [1.165, 1.54) is 5.56 Å². The van der Waals surface area contributed by atoms with Gasteiger partial charge in [-0.05, 0) is 30.5 Å². The maximum atomic E-state index is 12.1. The predicted molar refractivity (Wildman–Crippen MR) is 108 cm³/mol. The van der Waals surface area contributed by atoms with Crippen molar-refractivity contribution in [2.24, 2.45) is 0 Å². The second-order valence-corrected chi connectivity index (χ2v) is 7.60. The summed E-state index contributed by atoms with van der Waals surface area (Å²) in [5.41, 5.74) is 1.25. The van der Waals surface area contributed by atoms with Crippen molar-refractivity contribution in [1.29, 1.82) is 0 Å². The van der Waals surface area contributed by atoms with E-state index in [4.69, 9.17) is 9.47 Å². The van der Waals surface area contributed by atoms with Crippen molar-refractivity contribution in [3.8, 4) is 5.75 Å². The Balaban J connectivity index is 1.30. The van der Waals surface area contributed by atoms with Crippen molar-refractivity contribution in [3.05, 3.63) is 41.5 Å². The molecule has 4 rings (SSSR count). The molecule has 0 spiro atoms. The summed E-state index contributed by atoms with van der Waals surface area (Å²) in [4.78, 5) is 14.5. The lowest BCUT2D eigenvalue weighted by atomic mass is 10.2. The van der Waals surface area contributed by atoms with Crippen LogP contribution in [0.25, 0.3) is 0 Å². The molecule has 3 heterocycles. The zero-order valence-corrected chi connectivity index (χ0v) is 17.0. The largest absolute Gasteiger partial charge is 0.497 e. The van der Waals surface area contributed by atoms with Gasteiger partial charge in [-0.2, -0.15) is 0 Å². The van der Waals surface area contributed by atoms with Crippen LogP contribution in [0.15, 0.2) is 24.3 Å². The van der Waals surface area contributed by atoms with E-state index in [0.717, 1.165) is 62.8 Å². The molecule has 8 nitrogen and oxygen atoms in total. The number of nitrogens with zero attached hydrogens (tertiary/aromatic N) is 4. The Morgan fingerprint density at radius 2 is 2.24 bits per heavy atom. The first-order chi connectivity index (χ1) is 14.2. The van der Waals surface area contributed by atoms with Crippen molar-refractivity contribution < 1.29 is 14.3 Å². The van der Waals surface area contributed by atoms with E-state index in [2.05, 4.69) is 37.1 Å². The van der Waals surface area contributed by atoms with E-state index >= 15 is 0 Å². The molecule has 1 saturated heterocycles. The quantitative estimate of drug-likeness (QED) is 0.753. The number of methoxy groups -OCH3 is 1. The Labute approximate surface area is 171 Å². The summed E-state index contributed by atoms with van der Waals surface area (Å²) in [6.07, 6.45) is 3.05. The maximum Gasteiger partial charge on any atom is 0.249 e. The Bertz CT molecular complexity index is 831. The third-order valence-corrected chi connectivity index (χ3v) is 5.61. The molecule has 0 bridgehead atoms. The van der Waals surface area contributed by atoms with Gasteiger partial charge in [-0.1, -0.05) is 12.1 Å². The number of carbonyl (C=O) groups excluding carboxylic acids is 1. The number of rotatable bonds is 7. The molecule has 156 valence electrons. The van der Waals surface area contributed by atoms with Crippen LogP contribution in [0, 0.1) is 0 Å². The molecule has 8 heteroatoms. The second-order valence-electron chi connectivity index (χ2n) is 7.60. The minimum absolute atomic E-state index is 0.0115. The van der Waals surface area contributed by atoms with Crippen LogP contribution in [-0.4, -0.2) is 65.0 Å². The molecular weight excluding hydrogens is 370 g/mol. The number of aromatic nitrogens is 3. The van der Waals surface area contributed by atoms with E-state index in [1.807, 2.05) is 12.1 Å². The molecule has 2 aliphatic heterocycles. The smallest absolute Gasteiger partial charge is 0.249 e. The minimum Gasteiger partial charge on any atom is -0.497 e. The molecule has 0 aliphatic carbocycles. The van der Waals surface area contributed by atoms with Crippen LogP contribution in [0.3, 0.4) is 0 Å². The molecule has 0 radical (unpaired) electrons. The summed E-state index contributed by atoms with van der Waals surface area (Å²) in [5.74, 6) is 2.85. The van der Waals surface area contributed by atoms with E-state index in [-0.39, 0.29) is 12.0 Å². The van der Waals surface area contributed by atoms with E-state index in [0.29, 0.717) is 19.6 Å². The summed E-state index contributed by atoms with van der Waals surface area (Å²) < 4.78 is 13.0. The highest BCUT2D eigenvalue weighted by molar-refractivity contribution is 5.80. The Morgan fingerprint density at radius 1 is 1.31 bits per heavy atom. The fraction of sp³-hybridized carbons (Fsp3) is 0.571. The van der Waals surface area contributed by atoms with Crippen molar-refractivity contribution >= 4 is 5.91 Å². The number of hydrogen-bond acceptors (Lipinski definition) is 6. The fourth-order valence-electron chi connectivity index (χ4n) is 3.99. The molecular formula is C21H29N5O3. The van der Waals surface area contributed by atoms with E-state index in [1.54, 1.807) is 7.11 Å². The summed E-state index contributed by atoms with van der Waals surface area (Å²) in [6.45, 7) is 4.89. The molecule has 2 aromatic rings. The summed E-state index contributed by atoms with van der Waals surface area (Å²) >= 11 is 0. The third kappa shape index (κ3) is 4.94. The average Bonchev–Trinajstić information content (AvgIpc) is 3.36. The van der Waals surface area contributed by atoms with Gasteiger partial charge in [0, 0.05) is 52.2 Å². The summed E-state index contributed by atoms with van der Waals surface area (Å²) in [5, 5.41) is 11.7. The molecule has 0 unspecified atom stereocenters. The van der Waals surface area contributed by atoms with Crippen LogP contribution < -0.4 is 10.1 Å². The predicted octanol–water partition coefficient (Wildman–Crippen LogP) is 1.18.